The van der Waals surface area contributed by atoms with E-state index in [1.54, 1.807) is 6.08 Å². The van der Waals surface area contributed by atoms with Crippen LogP contribution in [0.25, 0.3) is 0 Å². The van der Waals surface area contributed by atoms with E-state index in [2.05, 4.69) is 4.99 Å². The molecule has 1 aliphatic heterocycles. The molecule has 0 fully saturated rings. The fourth-order valence-electron chi connectivity index (χ4n) is 1.52. The zero-order chi connectivity index (χ0) is 12.5. The summed E-state index contributed by atoms with van der Waals surface area (Å²) in [5.41, 5.74) is -0.0143. The molecule has 0 saturated carbocycles. The average molecular weight is 239 g/mol. The zero-order valence-electron chi connectivity index (χ0n) is 8.61. The summed E-state index contributed by atoms with van der Waals surface area (Å²) < 4.78 is 37.0. The fourth-order valence-corrected chi connectivity index (χ4v) is 1.52. The van der Waals surface area contributed by atoms with Gasteiger partial charge in [-0.2, -0.15) is 13.2 Å². The number of allylic oxidation sites excluding steroid dienone is 1. The van der Waals surface area contributed by atoms with E-state index in [1.807, 2.05) is 0 Å². The molecule has 1 amide bonds. The minimum atomic E-state index is -4.33. The number of alkyl halides is 3. The Balaban J connectivity index is 2.22. The number of aliphatic imine (C=N–C) groups is 1. The third-order valence-electron chi connectivity index (χ3n) is 2.43. The van der Waals surface area contributed by atoms with Gasteiger partial charge in [0.15, 0.2) is 0 Å². The quantitative estimate of drug-likeness (QED) is 0.740. The standard InChI is InChI=1S/C12H8F3NO/c13-12(14,15)10-4-1-8(2-5-10)9-3-6-11(17)16-7-9/h1-7,9H. The Labute approximate surface area is 95.5 Å². The average Bonchev–Trinajstić information content (AvgIpc) is 2.29. The predicted octanol–water partition coefficient (Wildman–Crippen LogP) is 2.96. The van der Waals surface area contributed by atoms with Gasteiger partial charge in [-0.1, -0.05) is 18.2 Å². The molecule has 1 aliphatic rings. The lowest BCUT2D eigenvalue weighted by molar-refractivity contribution is -0.137. The van der Waals surface area contributed by atoms with Gasteiger partial charge in [0.2, 0.25) is 0 Å². The monoisotopic (exact) mass is 239 g/mol. The van der Waals surface area contributed by atoms with Gasteiger partial charge in [-0.15, -0.1) is 0 Å². The van der Waals surface area contributed by atoms with E-state index in [4.69, 9.17) is 0 Å². The van der Waals surface area contributed by atoms with Crippen molar-refractivity contribution in [2.75, 3.05) is 0 Å². The van der Waals surface area contributed by atoms with Crippen molar-refractivity contribution in [1.29, 1.82) is 0 Å². The Hall–Kier alpha value is -1.91. The molecule has 2 rings (SSSR count). The molecule has 0 aromatic heterocycles. The summed E-state index contributed by atoms with van der Waals surface area (Å²) in [6, 6.07) is 4.82. The minimum absolute atomic E-state index is 0.241. The second-order valence-electron chi connectivity index (χ2n) is 3.62. The molecule has 0 radical (unpaired) electrons. The molecule has 1 aromatic carbocycles. The molecule has 1 aromatic rings. The van der Waals surface area contributed by atoms with Gasteiger partial charge in [-0.05, 0) is 17.7 Å². The number of hydrogen-bond donors (Lipinski definition) is 0. The highest BCUT2D eigenvalue weighted by Gasteiger charge is 2.30. The highest BCUT2D eigenvalue weighted by molar-refractivity contribution is 5.98. The molecule has 0 N–H and O–H groups in total. The fraction of sp³-hybridized carbons (Fsp3) is 0.167. The molecule has 1 unspecified atom stereocenters. The molecule has 1 atom stereocenters. The van der Waals surface area contributed by atoms with Crippen molar-refractivity contribution in [1.82, 2.24) is 0 Å². The van der Waals surface area contributed by atoms with Gasteiger partial charge in [0, 0.05) is 18.2 Å². The lowest BCUT2D eigenvalue weighted by Gasteiger charge is -2.12. The second kappa shape index (κ2) is 4.16. The van der Waals surface area contributed by atoms with E-state index in [0.717, 1.165) is 12.1 Å². The number of rotatable bonds is 1. The molecule has 1 heterocycles. The van der Waals surface area contributed by atoms with Crippen molar-refractivity contribution in [2.24, 2.45) is 4.99 Å². The Kier molecular flexibility index (Phi) is 2.83. The molecule has 5 heteroatoms. The summed E-state index contributed by atoms with van der Waals surface area (Å²) in [5, 5.41) is 0. The molecule has 2 nitrogen and oxygen atoms in total. The van der Waals surface area contributed by atoms with Gasteiger partial charge >= 0.3 is 6.18 Å². The van der Waals surface area contributed by atoms with Crippen molar-refractivity contribution >= 4 is 12.1 Å². The number of dihydropyridines is 1. The lowest BCUT2D eigenvalue weighted by Crippen LogP contribution is -2.07. The van der Waals surface area contributed by atoms with Crippen LogP contribution in [0.15, 0.2) is 41.4 Å². The topological polar surface area (TPSA) is 29.4 Å². The van der Waals surface area contributed by atoms with Crippen LogP contribution in [-0.2, 0) is 11.0 Å². The SMILES string of the molecule is O=C1C=CC(c2ccc(C(F)(F)F)cc2)C=N1. The van der Waals surface area contributed by atoms with Crippen LogP contribution in [0.4, 0.5) is 13.2 Å². The Morgan fingerprint density at radius 1 is 1.12 bits per heavy atom. The second-order valence-corrected chi connectivity index (χ2v) is 3.62. The first-order chi connectivity index (χ1) is 7.97. The van der Waals surface area contributed by atoms with E-state index >= 15 is 0 Å². The van der Waals surface area contributed by atoms with Gasteiger partial charge < -0.3 is 0 Å². The first kappa shape index (κ1) is 11.6. The van der Waals surface area contributed by atoms with Crippen molar-refractivity contribution in [3.8, 4) is 0 Å². The molecule has 0 saturated heterocycles. The maximum absolute atomic E-state index is 12.3. The van der Waals surface area contributed by atoms with Crippen molar-refractivity contribution in [2.45, 2.75) is 12.1 Å². The highest BCUT2D eigenvalue weighted by atomic mass is 19.4. The summed E-state index contributed by atoms with van der Waals surface area (Å²) >= 11 is 0. The van der Waals surface area contributed by atoms with Crippen LogP contribution in [-0.4, -0.2) is 12.1 Å². The van der Waals surface area contributed by atoms with E-state index in [-0.39, 0.29) is 11.8 Å². The lowest BCUT2D eigenvalue weighted by atomic mass is 9.97. The third-order valence-corrected chi connectivity index (χ3v) is 2.43. The zero-order valence-corrected chi connectivity index (χ0v) is 8.61. The van der Waals surface area contributed by atoms with Gasteiger partial charge in [-0.25, -0.2) is 4.99 Å². The van der Waals surface area contributed by atoms with Gasteiger partial charge in [0.25, 0.3) is 5.91 Å². The van der Waals surface area contributed by atoms with E-state index in [0.29, 0.717) is 5.56 Å². The van der Waals surface area contributed by atoms with Gasteiger partial charge in [0.1, 0.15) is 0 Å². The largest absolute Gasteiger partial charge is 0.416 e. The predicted molar refractivity (Wildman–Crippen MR) is 56.8 cm³/mol. The Bertz CT molecular complexity index is 469. The summed E-state index contributed by atoms with van der Waals surface area (Å²) in [5.74, 6) is -0.594. The molecule has 88 valence electrons. The molecular formula is C12H8F3NO. The molecule has 0 spiro atoms. The number of amides is 1. The summed E-state index contributed by atoms with van der Waals surface area (Å²) in [6.07, 6.45) is 0.0101. The minimum Gasteiger partial charge on any atom is -0.268 e. The number of carbonyl (C=O) groups is 1. The van der Waals surface area contributed by atoms with Gasteiger partial charge in [0.05, 0.1) is 5.56 Å². The van der Waals surface area contributed by atoms with Crippen molar-refractivity contribution < 1.29 is 18.0 Å². The van der Waals surface area contributed by atoms with Crippen LogP contribution in [0.2, 0.25) is 0 Å². The van der Waals surface area contributed by atoms with E-state index in [1.165, 1.54) is 24.4 Å². The normalized spacial score (nSPS) is 19.7. The maximum Gasteiger partial charge on any atom is 0.416 e. The van der Waals surface area contributed by atoms with Crippen LogP contribution in [0, 0.1) is 0 Å². The van der Waals surface area contributed by atoms with Crippen molar-refractivity contribution in [3.05, 3.63) is 47.5 Å². The van der Waals surface area contributed by atoms with Crippen molar-refractivity contribution in [3.63, 3.8) is 0 Å². The molecular weight excluding hydrogens is 231 g/mol. The Morgan fingerprint density at radius 3 is 2.24 bits per heavy atom. The highest BCUT2D eigenvalue weighted by Crippen LogP contribution is 2.30. The summed E-state index contributed by atoms with van der Waals surface area (Å²) in [6.45, 7) is 0. The van der Waals surface area contributed by atoms with Crippen LogP contribution >= 0.6 is 0 Å². The number of benzene rings is 1. The number of halogens is 3. The molecule has 0 aliphatic carbocycles. The van der Waals surface area contributed by atoms with Crippen LogP contribution in [0.3, 0.4) is 0 Å². The maximum atomic E-state index is 12.3. The first-order valence-corrected chi connectivity index (χ1v) is 4.90. The summed E-state index contributed by atoms with van der Waals surface area (Å²) in [4.78, 5) is 14.4. The van der Waals surface area contributed by atoms with Gasteiger partial charge in [-0.3, -0.25) is 4.79 Å². The smallest absolute Gasteiger partial charge is 0.268 e. The number of hydrogen-bond acceptors (Lipinski definition) is 1. The Morgan fingerprint density at radius 2 is 1.76 bits per heavy atom. The number of nitrogens with zero attached hydrogens (tertiary/aromatic N) is 1. The molecule has 0 bridgehead atoms. The number of carbonyl (C=O) groups excluding carboxylic acids is 1. The third kappa shape index (κ3) is 2.61. The van der Waals surface area contributed by atoms with E-state index < -0.39 is 11.7 Å². The van der Waals surface area contributed by atoms with Crippen LogP contribution < -0.4 is 0 Å². The molecule has 17 heavy (non-hydrogen) atoms. The van der Waals surface area contributed by atoms with Crippen LogP contribution in [0.1, 0.15) is 17.0 Å². The summed E-state index contributed by atoms with van der Waals surface area (Å²) in [7, 11) is 0. The van der Waals surface area contributed by atoms with Crippen LogP contribution in [0.5, 0.6) is 0 Å². The van der Waals surface area contributed by atoms with E-state index in [9.17, 15) is 18.0 Å². The first-order valence-electron chi connectivity index (χ1n) is 4.90.